The maximum Gasteiger partial charge on any atom is 0.298 e. The molecule has 5 heteroatoms. The zero-order chi connectivity index (χ0) is 13.5. The fourth-order valence-corrected chi connectivity index (χ4v) is 2.82. The summed E-state index contributed by atoms with van der Waals surface area (Å²) in [6.07, 6.45) is 3.87. The van der Waals surface area contributed by atoms with Crippen molar-refractivity contribution in [1.29, 1.82) is 0 Å². The summed E-state index contributed by atoms with van der Waals surface area (Å²) in [4.78, 5) is 6.27. The van der Waals surface area contributed by atoms with E-state index in [1.54, 1.807) is 6.07 Å². The van der Waals surface area contributed by atoms with Gasteiger partial charge in [-0.1, -0.05) is 18.9 Å². The molecule has 1 aliphatic rings. The third-order valence-electron chi connectivity index (χ3n) is 3.83. The quantitative estimate of drug-likeness (QED) is 0.828. The molecule has 19 heavy (non-hydrogen) atoms. The average Bonchev–Trinajstić information content (AvgIpc) is 2.96. The number of nitrogen functional groups attached to an aromatic ring is 1. The lowest BCUT2D eigenvalue weighted by atomic mass is 10.0. The van der Waals surface area contributed by atoms with Crippen LogP contribution >= 0.6 is 0 Å². The number of hydrogen-bond donors (Lipinski definition) is 2. The van der Waals surface area contributed by atoms with Gasteiger partial charge < -0.3 is 20.2 Å². The number of anilines is 2. The minimum Gasteiger partial charge on any atom is -0.423 e. The molecule has 0 unspecified atom stereocenters. The maximum atomic E-state index is 10.4. The second-order valence-corrected chi connectivity index (χ2v) is 5.48. The first-order valence-electron chi connectivity index (χ1n) is 6.66. The van der Waals surface area contributed by atoms with E-state index >= 15 is 0 Å². The van der Waals surface area contributed by atoms with Crippen LogP contribution in [0, 0.1) is 0 Å². The molecule has 0 atom stereocenters. The van der Waals surface area contributed by atoms with Crippen LogP contribution in [0.15, 0.2) is 22.6 Å². The number of rotatable bonds is 3. The molecule has 5 nitrogen and oxygen atoms in total. The monoisotopic (exact) mass is 261 g/mol. The largest absolute Gasteiger partial charge is 0.423 e. The zero-order valence-electron chi connectivity index (χ0n) is 11.1. The van der Waals surface area contributed by atoms with Gasteiger partial charge in [-0.05, 0) is 25.0 Å². The summed E-state index contributed by atoms with van der Waals surface area (Å²) in [5.74, 6) is 0. The van der Waals surface area contributed by atoms with E-state index in [0.29, 0.717) is 29.3 Å². The lowest BCUT2D eigenvalue weighted by Gasteiger charge is -2.27. The first-order valence-corrected chi connectivity index (χ1v) is 6.66. The summed E-state index contributed by atoms with van der Waals surface area (Å²) in [6, 6.07) is 6.00. The molecular weight excluding hydrogens is 242 g/mol. The van der Waals surface area contributed by atoms with Gasteiger partial charge in [0, 0.05) is 7.05 Å². The topological polar surface area (TPSA) is 75.5 Å². The van der Waals surface area contributed by atoms with Gasteiger partial charge in [0.15, 0.2) is 5.58 Å². The predicted molar refractivity (Wildman–Crippen MR) is 75.1 cm³/mol. The van der Waals surface area contributed by atoms with Crippen LogP contribution in [0.5, 0.6) is 0 Å². The fraction of sp³-hybridized carbons (Fsp3) is 0.500. The SMILES string of the molecule is CN(CC1(O)CCCC1)c1nc2c(N)cccc2o1. The summed E-state index contributed by atoms with van der Waals surface area (Å²) in [5, 5.41) is 10.4. The minimum atomic E-state index is -0.610. The zero-order valence-corrected chi connectivity index (χ0v) is 11.1. The molecule has 0 radical (unpaired) electrons. The van der Waals surface area contributed by atoms with E-state index in [1.165, 1.54) is 0 Å². The van der Waals surface area contributed by atoms with Crippen molar-refractivity contribution in [3.63, 3.8) is 0 Å². The second kappa shape index (κ2) is 4.42. The first kappa shape index (κ1) is 12.3. The van der Waals surface area contributed by atoms with Crippen molar-refractivity contribution < 1.29 is 9.52 Å². The highest BCUT2D eigenvalue weighted by Crippen LogP contribution is 2.32. The van der Waals surface area contributed by atoms with E-state index in [1.807, 2.05) is 24.1 Å². The number of para-hydroxylation sites is 1. The number of benzene rings is 1. The standard InChI is InChI=1S/C14H19N3O2/c1-17(9-14(18)7-2-3-8-14)13-16-12-10(15)5-4-6-11(12)19-13/h4-6,18H,2-3,7-9,15H2,1H3. The van der Waals surface area contributed by atoms with Gasteiger partial charge in [-0.15, -0.1) is 0 Å². The molecule has 3 N–H and O–H groups in total. The first-order chi connectivity index (χ1) is 9.07. The van der Waals surface area contributed by atoms with Crippen LogP contribution in [0.25, 0.3) is 11.1 Å². The Labute approximate surface area is 112 Å². The predicted octanol–water partition coefficient (Wildman–Crippen LogP) is 2.15. The summed E-state index contributed by atoms with van der Waals surface area (Å²) < 4.78 is 5.69. The lowest BCUT2D eigenvalue weighted by Crippen LogP contribution is -2.39. The van der Waals surface area contributed by atoms with Crippen molar-refractivity contribution in [1.82, 2.24) is 4.98 Å². The lowest BCUT2D eigenvalue weighted by molar-refractivity contribution is 0.0550. The smallest absolute Gasteiger partial charge is 0.298 e. The van der Waals surface area contributed by atoms with Crippen LogP contribution in [0.1, 0.15) is 25.7 Å². The van der Waals surface area contributed by atoms with E-state index in [-0.39, 0.29) is 0 Å². The minimum absolute atomic E-state index is 0.508. The highest BCUT2D eigenvalue weighted by Gasteiger charge is 2.33. The van der Waals surface area contributed by atoms with Gasteiger partial charge in [-0.2, -0.15) is 4.98 Å². The van der Waals surface area contributed by atoms with Crippen LogP contribution in [0.2, 0.25) is 0 Å². The van der Waals surface area contributed by atoms with E-state index in [0.717, 1.165) is 25.7 Å². The number of likely N-dealkylation sites (N-methyl/N-ethyl adjacent to an activating group) is 1. The summed E-state index contributed by atoms with van der Waals surface area (Å²) in [7, 11) is 1.89. The van der Waals surface area contributed by atoms with Gasteiger partial charge >= 0.3 is 0 Å². The number of hydrogen-bond acceptors (Lipinski definition) is 5. The molecule has 1 saturated carbocycles. The van der Waals surface area contributed by atoms with E-state index in [4.69, 9.17) is 10.2 Å². The Hall–Kier alpha value is -1.75. The van der Waals surface area contributed by atoms with Crippen molar-refractivity contribution in [2.24, 2.45) is 0 Å². The van der Waals surface area contributed by atoms with Crippen LogP contribution in [-0.4, -0.2) is 29.3 Å². The van der Waals surface area contributed by atoms with Gasteiger partial charge in [0.05, 0.1) is 17.8 Å². The molecule has 0 saturated heterocycles. The van der Waals surface area contributed by atoms with Gasteiger partial charge in [-0.3, -0.25) is 0 Å². The molecule has 0 aliphatic heterocycles. The van der Waals surface area contributed by atoms with Crippen LogP contribution in [0.4, 0.5) is 11.7 Å². The molecule has 1 fully saturated rings. The highest BCUT2D eigenvalue weighted by molar-refractivity contribution is 5.86. The summed E-state index contributed by atoms with van der Waals surface area (Å²) >= 11 is 0. The Bertz CT molecular complexity index is 587. The molecule has 3 rings (SSSR count). The van der Waals surface area contributed by atoms with Gasteiger partial charge in [-0.25, -0.2) is 0 Å². The molecule has 2 aromatic rings. The van der Waals surface area contributed by atoms with Crippen LogP contribution < -0.4 is 10.6 Å². The normalized spacial score (nSPS) is 18.0. The van der Waals surface area contributed by atoms with Gasteiger partial charge in [0.2, 0.25) is 0 Å². The molecule has 102 valence electrons. The van der Waals surface area contributed by atoms with E-state index in [2.05, 4.69) is 4.98 Å². The third kappa shape index (κ3) is 2.26. The highest BCUT2D eigenvalue weighted by atomic mass is 16.4. The molecule has 1 aromatic carbocycles. The summed E-state index contributed by atoms with van der Waals surface area (Å²) in [6.45, 7) is 0.541. The molecular formula is C14H19N3O2. The Morgan fingerprint density at radius 3 is 2.84 bits per heavy atom. The number of aliphatic hydroxyl groups is 1. The van der Waals surface area contributed by atoms with Gasteiger partial charge in [0.25, 0.3) is 6.01 Å². The number of aromatic nitrogens is 1. The van der Waals surface area contributed by atoms with Crippen molar-refractivity contribution in [3.05, 3.63) is 18.2 Å². The molecule has 1 aromatic heterocycles. The van der Waals surface area contributed by atoms with Crippen molar-refractivity contribution in [2.75, 3.05) is 24.2 Å². The maximum absolute atomic E-state index is 10.4. The fourth-order valence-electron chi connectivity index (χ4n) is 2.82. The Morgan fingerprint density at radius 2 is 2.16 bits per heavy atom. The van der Waals surface area contributed by atoms with Gasteiger partial charge in [0.1, 0.15) is 5.52 Å². The van der Waals surface area contributed by atoms with Crippen molar-refractivity contribution in [3.8, 4) is 0 Å². The number of fused-ring (bicyclic) bond motifs is 1. The van der Waals surface area contributed by atoms with E-state index in [9.17, 15) is 5.11 Å². The van der Waals surface area contributed by atoms with Crippen molar-refractivity contribution >= 4 is 22.8 Å². The molecule has 1 heterocycles. The van der Waals surface area contributed by atoms with Crippen LogP contribution in [-0.2, 0) is 0 Å². The van der Waals surface area contributed by atoms with E-state index < -0.39 is 5.60 Å². The molecule has 0 amide bonds. The summed E-state index contributed by atoms with van der Waals surface area (Å²) in [5.41, 5.74) is 7.23. The van der Waals surface area contributed by atoms with Crippen LogP contribution in [0.3, 0.4) is 0 Å². The van der Waals surface area contributed by atoms with Crippen molar-refractivity contribution in [2.45, 2.75) is 31.3 Å². The Balaban J connectivity index is 1.85. The third-order valence-corrected chi connectivity index (χ3v) is 3.83. The molecule has 1 aliphatic carbocycles. The Morgan fingerprint density at radius 1 is 1.42 bits per heavy atom. The average molecular weight is 261 g/mol. The molecule has 0 bridgehead atoms. The number of oxazole rings is 1. The second-order valence-electron chi connectivity index (χ2n) is 5.48. The number of nitrogens with two attached hydrogens (primary N) is 1. The Kier molecular flexibility index (Phi) is 2.86. The molecule has 0 spiro atoms. The number of nitrogens with zero attached hydrogens (tertiary/aromatic N) is 2.